The van der Waals surface area contributed by atoms with Gasteiger partial charge in [0.1, 0.15) is 0 Å². The number of amides is 1. The third kappa shape index (κ3) is 2.73. The quantitative estimate of drug-likeness (QED) is 0.822. The summed E-state index contributed by atoms with van der Waals surface area (Å²) in [5.74, 6) is 0.679. The standard InChI is InChI=1S/C12H17N3OS/c1-14(2)5-6-15-10-4-3-9(13)7-11(10)17-8-12(15)16/h3-4,7H,5-6,8,13H2,1-2H3. The second-order valence-electron chi connectivity index (χ2n) is 4.36. The maximum atomic E-state index is 11.9. The van der Waals surface area contributed by atoms with Crippen LogP contribution in [-0.2, 0) is 4.79 Å². The van der Waals surface area contributed by atoms with Crippen LogP contribution in [0.3, 0.4) is 0 Å². The number of likely N-dealkylation sites (N-methyl/N-ethyl adjacent to an activating group) is 1. The minimum absolute atomic E-state index is 0.175. The molecule has 1 aromatic carbocycles. The smallest absolute Gasteiger partial charge is 0.237 e. The van der Waals surface area contributed by atoms with E-state index in [9.17, 15) is 4.79 Å². The summed E-state index contributed by atoms with van der Waals surface area (Å²) in [7, 11) is 4.01. The van der Waals surface area contributed by atoms with E-state index in [4.69, 9.17) is 5.73 Å². The Labute approximate surface area is 106 Å². The molecule has 1 aliphatic heterocycles. The predicted molar refractivity (Wildman–Crippen MR) is 72.5 cm³/mol. The van der Waals surface area contributed by atoms with Gasteiger partial charge in [0.2, 0.25) is 5.91 Å². The Kier molecular flexibility index (Phi) is 3.59. The molecule has 0 radical (unpaired) electrons. The molecular weight excluding hydrogens is 234 g/mol. The topological polar surface area (TPSA) is 49.6 Å². The lowest BCUT2D eigenvalue weighted by Gasteiger charge is -2.30. The van der Waals surface area contributed by atoms with Crippen molar-refractivity contribution in [3.8, 4) is 0 Å². The summed E-state index contributed by atoms with van der Waals surface area (Å²) in [4.78, 5) is 16.9. The van der Waals surface area contributed by atoms with Crippen molar-refractivity contribution < 1.29 is 4.79 Å². The molecule has 92 valence electrons. The number of nitrogen functional groups attached to an aromatic ring is 1. The lowest BCUT2D eigenvalue weighted by Crippen LogP contribution is -2.39. The molecule has 0 saturated heterocycles. The van der Waals surface area contributed by atoms with Crippen LogP contribution in [0.15, 0.2) is 23.1 Å². The van der Waals surface area contributed by atoms with Crippen molar-refractivity contribution in [2.75, 3.05) is 43.6 Å². The molecule has 1 aromatic rings. The Balaban J connectivity index is 2.24. The summed E-state index contributed by atoms with van der Waals surface area (Å²) in [5, 5.41) is 0. The molecule has 0 spiro atoms. The SMILES string of the molecule is CN(C)CCN1C(=O)CSc2cc(N)ccc21. The van der Waals surface area contributed by atoms with Gasteiger partial charge < -0.3 is 15.5 Å². The fraction of sp³-hybridized carbons (Fsp3) is 0.417. The fourth-order valence-electron chi connectivity index (χ4n) is 1.77. The number of benzene rings is 1. The third-order valence-corrected chi connectivity index (χ3v) is 3.73. The maximum Gasteiger partial charge on any atom is 0.237 e. The van der Waals surface area contributed by atoms with Crippen molar-refractivity contribution in [3.63, 3.8) is 0 Å². The van der Waals surface area contributed by atoms with Gasteiger partial charge in [0, 0.05) is 23.7 Å². The highest BCUT2D eigenvalue weighted by Crippen LogP contribution is 2.36. The molecule has 0 aliphatic carbocycles. The molecule has 4 nitrogen and oxygen atoms in total. The number of thioether (sulfide) groups is 1. The molecule has 2 rings (SSSR count). The first kappa shape index (κ1) is 12.3. The maximum absolute atomic E-state index is 11.9. The van der Waals surface area contributed by atoms with Gasteiger partial charge in [0.25, 0.3) is 0 Å². The van der Waals surface area contributed by atoms with E-state index in [1.807, 2.05) is 37.2 Å². The molecule has 2 N–H and O–H groups in total. The zero-order valence-electron chi connectivity index (χ0n) is 10.1. The van der Waals surface area contributed by atoms with E-state index in [1.165, 1.54) is 0 Å². The van der Waals surface area contributed by atoms with Crippen LogP contribution in [-0.4, -0.2) is 43.7 Å². The van der Waals surface area contributed by atoms with E-state index >= 15 is 0 Å². The monoisotopic (exact) mass is 251 g/mol. The van der Waals surface area contributed by atoms with Gasteiger partial charge >= 0.3 is 0 Å². The van der Waals surface area contributed by atoms with Crippen molar-refractivity contribution in [2.24, 2.45) is 0 Å². The van der Waals surface area contributed by atoms with E-state index in [2.05, 4.69) is 4.90 Å². The third-order valence-electron chi connectivity index (χ3n) is 2.70. The number of hydrogen-bond acceptors (Lipinski definition) is 4. The Hall–Kier alpha value is -1.20. The molecule has 0 fully saturated rings. The van der Waals surface area contributed by atoms with Crippen LogP contribution in [0, 0.1) is 0 Å². The first-order valence-corrected chi connectivity index (χ1v) is 6.54. The number of hydrogen-bond donors (Lipinski definition) is 1. The van der Waals surface area contributed by atoms with Crippen LogP contribution in [0.1, 0.15) is 0 Å². The largest absolute Gasteiger partial charge is 0.399 e. The summed E-state index contributed by atoms with van der Waals surface area (Å²) in [5.41, 5.74) is 7.50. The molecule has 0 unspecified atom stereocenters. The van der Waals surface area contributed by atoms with Gasteiger partial charge in [-0.25, -0.2) is 0 Å². The number of rotatable bonds is 3. The molecule has 0 bridgehead atoms. The molecule has 1 amide bonds. The molecule has 1 heterocycles. The fourth-order valence-corrected chi connectivity index (χ4v) is 2.75. The van der Waals surface area contributed by atoms with Crippen molar-refractivity contribution in [2.45, 2.75) is 4.90 Å². The molecule has 17 heavy (non-hydrogen) atoms. The highest BCUT2D eigenvalue weighted by molar-refractivity contribution is 8.00. The van der Waals surface area contributed by atoms with Crippen LogP contribution >= 0.6 is 11.8 Å². The Morgan fingerprint density at radius 2 is 2.24 bits per heavy atom. The summed E-state index contributed by atoms with van der Waals surface area (Å²) in [6.07, 6.45) is 0. The van der Waals surface area contributed by atoms with Gasteiger partial charge in [-0.1, -0.05) is 0 Å². The van der Waals surface area contributed by atoms with Gasteiger partial charge in [-0.3, -0.25) is 4.79 Å². The van der Waals surface area contributed by atoms with E-state index in [-0.39, 0.29) is 5.91 Å². The first-order chi connectivity index (χ1) is 8.08. The first-order valence-electron chi connectivity index (χ1n) is 5.55. The van der Waals surface area contributed by atoms with Crippen LogP contribution in [0.2, 0.25) is 0 Å². The van der Waals surface area contributed by atoms with Crippen molar-refractivity contribution in [1.82, 2.24) is 4.90 Å². The number of carbonyl (C=O) groups is 1. The van der Waals surface area contributed by atoms with E-state index in [1.54, 1.807) is 11.8 Å². The molecule has 0 saturated carbocycles. The Morgan fingerprint density at radius 3 is 2.94 bits per heavy atom. The van der Waals surface area contributed by atoms with Crippen molar-refractivity contribution in [3.05, 3.63) is 18.2 Å². The van der Waals surface area contributed by atoms with Crippen LogP contribution in [0.5, 0.6) is 0 Å². The van der Waals surface area contributed by atoms with Crippen molar-refractivity contribution in [1.29, 1.82) is 0 Å². The summed E-state index contributed by atoms with van der Waals surface area (Å²) < 4.78 is 0. The number of anilines is 2. The lowest BCUT2D eigenvalue weighted by atomic mass is 10.2. The predicted octanol–water partition coefficient (Wildman–Crippen LogP) is 1.27. The minimum atomic E-state index is 0.175. The lowest BCUT2D eigenvalue weighted by molar-refractivity contribution is -0.116. The van der Waals surface area contributed by atoms with Crippen LogP contribution in [0.25, 0.3) is 0 Å². The van der Waals surface area contributed by atoms with Crippen LogP contribution in [0.4, 0.5) is 11.4 Å². The van der Waals surface area contributed by atoms with Crippen molar-refractivity contribution >= 4 is 29.0 Å². The van der Waals surface area contributed by atoms with E-state index in [0.29, 0.717) is 5.75 Å². The van der Waals surface area contributed by atoms with Gasteiger partial charge in [-0.2, -0.15) is 0 Å². The average molecular weight is 251 g/mol. The normalized spacial score (nSPS) is 15.2. The summed E-state index contributed by atoms with van der Waals surface area (Å²) in [6.45, 7) is 1.59. The summed E-state index contributed by atoms with van der Waals surface area (Å²) >= 11 is 1.56. The molecule has 5 heteroatoms. The highest BCUT2D eigenvalue weighted by atomic mass is 32.2. The van der Waals surface area contributed by atoms with Gasteiger partial charge in [0.05, 0.1) is 11.4 Å². The number of nitrogens with two attached hydrogens (primary N) is 1. The summed E-state index contributed by atoms with van der Waals surface area (Å²) in [6, 6.07) is 5.72. The molecule has 0 atom stereocenters. The molecular formula is C12H17N3OS. The zero-order chi connectivity index (χ0) is 12.4. The second kappa shape index (κ2) is 4.98. The molecule has 1 aliphatic rings. The number of carbonyl (C=O) groups excluding carboxylic acids is 1. The molecule has 0 aromatic heterocycles. The Bertz CT molecular complexity index is 434. The number of nitrogens with zero attached hydrogens (tertiary/aromatic N) is 2. The second-order valence-corrected chi connectivity index (χ2v) is 5.38. The Morgan fingerprint density at radius 1 is 1.47 bits per heavy atom. The minimum Gasteiger partial charge on any atom is -0.399 e. The van der Waals surface area contributed by atoms with Gasteiger partial charge in [0.15, 0.2) is 0 Å². The van der Waals surface area contributed by atoms with Gasteiger partial charge in [-0.15, -0.1) is 11.8 Å². The number of fused-ring (bicyclic) bond motifs is 1. The van der Waals surface area contributed by atoms with E-state index in [0.717, 1.165) is 29.4 Å². The van der Waals surface area contributed by atoms with E-state index < -0.39 is 0 Å². The average Bonchev–Trinajstić information content (AvgIpc) is 2.27. The highest BCUT2D eigenvalue weighted by Gasteiger charge is 2.24. The van der Waals surface area contributed by atoms with Crippen LogP contribution < -0.4 is 10.6 Å². The van der Waals surface area contributed by atoms with Gasteiger partial charge in [-0.05, 0) is 32.3 Å². The zero-order valence-corrected chi connectivity index (χ0v) is 11.0.